The molecule has 2 fully saturated rings. The van der Waals surface area contributed by atoms with Crippen molar-refractivity contribution < 1.29 is 63.5 Å². The van der Waals surface area contributed by atoms with Crippen LogP contribution in [0.4, 0.5) is 0 Å². The van der Waals surface area contributed by atoms with Crippen LogP contribution in [0.2, 0.25) is 0 Å². The predicted molar refractivity (Wildman–Crippen MR) is 129 cm³/mol. The summed E-state index contributed by atoms with van der Waals surface area (Å²) >= 11 is 0. The Kier molecular flexibility index (Phi) is 9.23. The summed E-state index contributed by atoms with van der Waals surface area (Å²) in [5.74, 6) is -2.52. The van der Waals surface area contributed by atoms with Gasteiger partial charge in [0.1, 0.15) is 36.8 Å². The summed E-state index contributed by atoms with van der Waals surface area (Å²) in [7, 11) is 1.22. The topological polar surface area (TPSA) is 191 Å². The molecule has 0 saturated carbocycles. The molecular formula is C26H32O13. The molecule has 3 aliphatic rings. The van der Waals surface area contributed by atoms with Crippen LogP contribution < -0.4 is 0 Å². The van der Waals surface area contributed by atoms with E-state index in [-0.39, 0.29) is 17.7 Å². The van der Waals surface area contributed by atoms with Gasteiger partial charge in [0.05, 0.1) is 31.0 Å². The van der Waals surface area contributed by atoms with E-state index in [0.717, 1.165) is 12.3 Å². The molecule has 10 unspecified atom stereocenters. The molecule has 3 heterocycles. The van der Waals surface area contributed by atoms with Gasteiger partial charge in [0.2, 0.25) is 6.29 Å². The minimum absolute atomic E-state index is 0.0603. The van der Waals surface area contributed by atoms with Crippen LogP contribution in [0.1, 0.15) is 18.9 Å². The lowest BCUT2D eigenvalue weighted by Gasteiger charge is -2.47. The molecule has 13 nitrogen and oxygen atoms in total. The fourth-order valence-electron chi connectivity index (χ4n) is 4.86. The fourth-order valence-corrected chi connectivity index (χ4v) is 4.86. The average molecular weight is 553 g/mol. The van der Waals surface area contributed by atoms with Gasteiger partial charge in [-0.2, -0.15) is 0 Å². The van der Waals surface area contributed by atoms with Crippen molar-refractivity contribution in [2.24, 2.45) is 11.8 Å². The van der Waals surface area contributed by atoms with Gasteiger partial charge in [0.25, 0.3) is 0 Å². The lowest BCUT2D eigenvalue weighted by molar-refractivity contribution is -0.352. The first kappa shape index (κ1) is 29.0. The first-order valence-corrected chi connectivity index (χ1v) is 12.4. The molecule has 5 N–H and O–H groups in total. The van der Waals surface area contributed by atoms with Crippen molar-refractivity contribution in [3.8, 4) is 5.75 Å². The number of benzene rings is 1. The van der Waals surface area contributed by atoms with Crippen LogP contribution >= 0.6 is 0 Å². The zero-order valence-corrected chi connectivity index (χ0v) is 21.2. The highest BCUT2D eigenvalue weighted by molar-refractivity contribution is 5.89. The van der Waals surface area contributed by atoms with Crippen LogP contribution in [0, 0.1) is 11.8 Å². The van der Waals surface area contributed by atoms with E-state index in [1.54, 1.807) is 19.1 Å². The van der Waals surface area contributed by atoms with Gasteiger partial charge < -0.3 is 54.0 Å². The van der Waals surface area contributed by atoms with Crippen molar-refractivity contribution in [3.05, 3.63) is 47.7 Å². The number of ether oxygens (including phenoxy) is 6. The van der Waals surface area contributed by atoms with E-state index in [9.17, 15) is 35.1 Å². The molecule has 3 aliphatic heterocycles. The summed E-state index contributed by atoms with van der Waals surface area (Å²) in [6.07, 6.45) is -6.89. The van der Waals surface area contributed by atoms with Crippen molar-refractivity contribution in [3.63, 3.8) is 0 Å². The molecule has 0 aliphatic carbocycles. The molecule has 2 saturated heterocycles. The number of phenolic OH excluding ortho intramolecular Hbond substituents is 1. The number of aromatic hydroxyl groups is 1. The first-order chi connectivity index (χ1) is 18.6. The molecule has 214 valence electrons. The zero-order valence-electron chi connectivity index (χ0n) is 21.2. The van der Waals surface area contributed by atoms with Crippen LogP contribution in [0.25, 0.3) is 6.08 Å². The molecule has 0 spiro atoms. The van der Waals surface area contributed by atoms with Gasteiger partial charge in [-0.3, -0.25) is 0 Å². The molecule has 1 aromatic carbocycles. The third kappa shape index (κ3) is 6.58. The Morgan fingerprint density at radius 3 is 2.44 bits per heavy atom. The SMILES string of the molecule is COC(=O)C1=COC(OC2OC(COC(=O)C=Cc3ccc(O)cc3)C(O)C(O)C2O)C2C(C)OC(O)CC12. The van der Waals surface area contributed by atoms with E-state index in [1.807, 2.05) is 0 Å². The van der Waals surface area contributed by atoms with Crippen LogP contribution in [0.5, 0.6) is 5.75 Å². The zero-order chi connectivity index (χ0) is 28.3. The smallest absolute Gasteiger partial charge is 0.337 e. The molecule has 0 radical (unpaired) electrons. The van der Waals surface area contributed by atoms with Crippen LogP contribution in [0.3, 0.4) is 0 Å². The van der Waals surface area contributed by atoms with Gasteiger partial charge in [-0.05, 0) is 30.7 Å². The second kappa shape index (κ2) is 12.4. The summed E-state index contributed by atoms with van der Waals surface area (Å²) in [6, 6.07) is 6.09. The summed E-state index contributed by atoms with van der Waals surface area (Å²) < 4.78 is 32.6. The number of carbonyl (C=O) groups excluding carboxylic acids is 2. The highest BCUT2D eigenvalue weighted by Gasteiger charge is 2.51. The molecule has 0 bridgehead atoms. The number of hydrogen-bond donors (Lipinski definition) is 5. The number of aliphatic hydroxyl groups excluding tert-OH is 4. The first-order valence-electron chi connectivity index (χ1n) is 12.4. The van der Waals surface area contributed by atoms with Gasteiger partial charge >= 0.3 is 11.9 Å². The van der Waals surface area contributed by atoms with Gasteiger partial charge in [-0.15, -0.1) is 0 Å². The summed E-state index contributed by atoms with van der Waals surface area (Å²) in [5, 5.41) is 50.8. The summed E-state index contributed by atoms with van der Waals surface area (Å²) in [6.45, 7) is 1.18. The molecular weight excluding hydrogens is 520 g/mol. The predicted octanol–water partition coefficient (Wildman–Crippen LogP) is -0.454. The number of aliphatic hydroxyl groups is 4. The average Bonchev–Trinajstić information content (AvgIpc) is 2.91. The maximum Gasteiger partial charge on any atom is 0.337 e. The Hall–Kier alpha value is -3.04. The van der Waals surface area contributed by atoms with Gasteiger partial charge in [-0.25, -0.2) is 9.59 Å². The van der Waals surface area contributed by atoms with Crippen LogP contribution in [-0.2, 0) is 38.0 Å². The minimum atomic E-state index is -1.71. The van der Waals surface area contributed by atoms with Gasteiger partial charge in [-0.1, -0.05) is 12.1 Å². The highest BCUT2D eigenvalue weighted by Crippen LogP contribution is 2.42. The molecule has 39 heavy (non-hydrogen) atoms. The highest BCUT2D eigenvalue weighted by atomic mass is 16.8. The second-order valence-corrected chi connectivity index (χ2v) is 9.49. The van der Waals surface area contributed by atoms with Gasteiger partial charge in [0, 0.05) is 18.4 Å². The number of fused-ring (bicyclic) bond motifs is 1. The van der Waals surface area contributed by atoms with E-state index < -0.39 is 79.8 Å². The Morgan fingerprint density at radius 1 is 1.03 bits per heavy atom. The molecule has 4 rings (SSSR count). The second-order valence-electron chi connectivity index (χ2n) is 9.49. The van der Waals surface area contributed by atoms with E-state index in [4.69, 9.17) is 28.4 Å². The van der Waals surface area contributed by atoms with Crippen molar-refractivity contribution >= 4 is 18.0 Å². The van der Waals surface area contributed by atoms with E-state index >= 15 is 0 Å². The van der Waals surface area contributed by atoms with E-state index in [2.05, 4.69) is 0 Å². The Morgan fingerprint density at radius 2 is 1.74 bits per heavy atom. The summed E-state index contributed by atoms with van der Waals surface area (Å²) in [5.41, 5.74) is 0.816. The lowest BCUT2D eigenvalue weighted by Crippen LogP contribution is -2.61. The Bertz CT molecular complexity index is 1070. The number of esters is 2. The number of rotatable bonds is 7. The quantitative estimate of drug-likeness (QED) is 0.216. The maximum atomic E-state index is 12.3. The Labute approximate surface area is 223 Å². The number of phenols is 1. The van der Waals surface area contributed by atoms with E-state index in [1.165, 1.54) is 25.3 Å². The summed E-state index contributed by atoms with van der Waals surface area (Å²) in [4.78, 5) is 24.4. The molecule has 13 heteroatoms. The third-order valence-electron chi connectivity index (χ3n) is 6.93. The molecule has 0 amide bonds. The number of carbonyl (C=O) groups is 2. The van der Waals surface area contributed by atoms with Crippen LogP contribution in [-0.4, -0.2) is 101 Å². The van der Waals surface area contributed by atoms with Crippen molar-refractivity contribution in [1.29, 1.82) is 0 Å². The fraction of sp³-hybridized carbons (Fsp3) is 0.538. The standard InChI is InChI=1S/C26H32O13/c1-12-20-15(9-19(29)37-12)16(24(33)34-2)10-36-25(20)39-26-23(32)22(31)21(30)17(38-26)11-35-18(28)8-5-13-3-6-14(27)7-4-13/h3-8,10,12,15,17,19-23,25-27,29-32H,9,11H2,1-2H3. The van der Waals surface area contributed by atoms with Crippen molar-refractivity contribution in [1.82, 2.24) is 0 Å². The molecule has 0 aromatic heterocycles. The normalized spacial score (nSPS) is 36.4. The third-order valence-corrected chi connectivity index (χ3v) is 6.93. The molecule has 10 atom stereocenters. The van der Waals surface area contributed by atoms with E-state index in [0.29, 0.717) is 5.56 Å². The lowest BCUT2D eigenvalue weighted by atomic mass is 9.77. The maximum absolute atomic E-state index is 12.3. The minimum Gasteiger partial charge on any atom is -0.508 e. The molecule has 1 aromatic rings. The number of methoxy groups -OCH3 is 1. The Balaban J connectivity index is 1.42. The van der Waals surface area contributed by atoms with Gasteiger partial charge in [0.15, 0.2) is 12.6 Å². The number of hydrogen-bond acceptors (Lipinski definition) is 13. The van der Waals surface area contributed by atoms with Crippen LogP contribution in [0.15, 0.2) is 42.2 Å². The van der Waals surface area contributed by atoms with Crippen molar-refractivity contribution in [2.75, 3.05) is 13.7 Å². The monoisotopic (exact) mass is 552 g/mol. The van der Waals surface area contributed by atoms with Crippen molar-refractivity contribution in [2.45, 2.75) is 62.7 Å². The largest absolute Gasteiger partial charge is 0.508 e.